The number of nitrogens with one attached hydrogen (secondary N) is 1. The largest absolute Gasteiger partial charge is 0.365 e. The van der Waals surface area contributed by atoms with Gasteiger partial charge in [0.1, 0.15) is 5.52 Å². The molecule has 2 aromatic rings. The number of anilines is 1. The first-order valence-corrected chi connectivity index (χ1v) is 7.69. The summed E-state index contributed by atoms with van der Waals surface area (Å²) in [4.78, 5) is 12.9. The van der Waals surface area contributed by atoms with E-state index >= 15 is 0 Å². The Bertz CT molecular complexity index is 601. The lowest BCUT2D eigenvalue weighted by Gasteiger charge is -2.24. The van der Waals surface area contributed by atoms with Crippen molar-refractivity contribution in [2.75, 3.05) is 5.32 Å². The molecule has 0 unspecified atom stereocenters. The summed E-state index contributed by atoms with van der Waals surface area (Å²) in [6.45, 7) is 4.25. The van der Waals surface area contributed by atoms with E-state index in [2.05, 4.69) is 38.7 Å². The highest BCUT2D eigenvalue weighted by atomic mass is 35.5. The van der Waals surface area contributed by atoms with Crippen LogP contribution in [0.4, 0.5) is 5.82 Å². The summed E-state index contributed by atoms with van der Waals surface area (Å²) in [6.07, 6.45) is 8.10. The number of halogens is 1. The molecule has 0 saturated heterocycles. The summed E-state index contributed by atoms with van der Waals surface area (Å²) in [6, 6.07) is 0.796. The van der Waals surface area contributed by atoms with Gasteiger partial charge in [0.2, 0.25) is 5.28 Å². The van der Waals surface area contributed by atoms with Gasteiger partial charge < -0.3 is 9.88 Å². The van der Waals surface area contributed by atoms with Crippen LogP contribution in [0.3, 0.4) is 0 Å². The molecule has 2 aromatic heterocycles. The van der Waals surface area contributed by atoms with E-state index < -0.39 is 0 Å². The molecule has 3 rings (SSSR count). The van der Waals surface area contributed by atoms with Crippen LogP contribution >= 0.6 is 11.6 Å². The van der Waals surface area contributed by atoms with Crippen molar-refractivity contribution in [1.82, 2.24) is 19.5 Å². The zero-order valence-corrected chi connectivity index (χ0v) is 12.7. The summed E-state index contributed by atoms with van der Waals surface area (Å²) >= 11 is 6.02. The van der Waals surface area contributed by atoms with Gasteiger partial charge in [0.05, 0.1) is 6.33 Å². The Labute approximate surface area is 123 Å². The molecule has 0 amide bonds. The summed E-state index contributed by atoms with van der Waals surface area (Å²) in [7, 11) is 0. The molecule has 5 nitrogen and oxygen atoms in total. The molecule has 1 aliphatic rings. The van der Waals surface area contributed by atoms with Gasteiger partial charge in [-0.05, 0) is 38.3 Å². The van der Waals surface area contributed by atoms with Gasteiger partial charge in [-0.25, -0.2) is 4.98 Å². The minimum atomic E-state index is 0.254. The van der Waals surface area contributed by atoms with Crippen LogP contribution in [0.2, 0.25) is 5.28 Å². The second kappa shape index (κ2) is 5.56. The standard InChI is InChI=1S/C14H20ClN5/c1-9(2)20-8-16-12-11(20)13(19-14(15)18-12)17-10-6-4-3-5-7-10/h8-10H,3-7H2,1-2H3,(H,17,18,19). The molecule has 0 radical (unpaired) electrons. The maximum atomic E-state index is 6.02. The molecule has 1 fully saturated rings. The summed E-state index contributed by atoms with van der Waals surface area (Å²) < 4.78 is 2.09. The minimum Gasteiger partial charge on any atom is -0.365 e. The molecule has 0 bridgehead atoms. The maximum Gasteiger partial charge on any atom is 0.226 e. The third kappa shape index (κ3) is 2.59. The van der Waals surface area contributed by atoms with Crippen molar-refractivity contribution >= 4 is 28.6 Å². The normalized spacial score (nSPS) is 17.0. The van der Waals surface area contributed by atoms with E-state index in [1.54, 1.807) is 0 Å². The van der Waals surface area contributed by atoms with Crippen LogP contribution in [-0.4, -0.2) is 25.6 Å². The van der Waals surface area contributed by atoms with Gasteiger partial charge in [0, 0.05) is 12.1 Å². The van der Waals surface area contributed by atoms with Gasteiger partial charge in [-0.3, -0.25) is 0 Å². The zero-order valence-electron chi connectivity index (χ0n) is 11.9. The number of fused-ring (bicyclic) bond motifs is 1. The monoisotopic (exact) mass is 293 g/mol. The van der Waals surface area contributed by atoms with Crippen LogP contribution in [0, 0.1) is 0 Å². The number of hydrogen-bond donors (Lipinski definition) is 1. The number of nitrogens with zero attached hydrogens (tertiary/aromatic N) is 4. The van der Waals surface area contributed by atoms with E-state index in [0.29, 0.717) is 17.7 Å². The average Bonchev–Trinajstić information content (AvgIpc) is 2.83. The SMILES string of the molecule is CC(C)n1cnc2nc(Cl)nc(NC3CCCCC3)c21. The van der Waals surface area contributed by atoms with Crippen LogP contribution in [-0.2, 0) is 0 Å². The number of hydrogen-bond acceptors (Lipinski definition) is 4. The molecule has 1 N–H and O–H groups in total. The highest BCUT2D eigenvalue weighted by Gasteiger charge is 2.19. The molecule has 6 heteroatoms. The third-order valence-corrected chi connectivity index (χ3v) is 4.07. The van der Waals surface area contributed by atoms with E-state index in [-0.39, 0.29) is 5.28 Å². The van der Waals surface area contributed by atoms with E-state index in [9.17, 15) is 0 Å². The molecule has 2 heterocycles. The molecular formula is C14H20ClN5. The lowest BCUT2D eigenvalue weighted by molar-refractivity contribution is 0.462. The smallest absolute Gasteiger partial charge is 0.226 e. The zero-order chi connectivity index (χ0) is 14.1. The van der Waals surface area contributed by atoms with Gasteiger partial charge in [0.25, 0.3) is 0 Å². The van der Waals surface area contributed by atoms with Crippen LogP contribution in [0.15, 0.2) is 6.33 Å². The quantitative estimate of drug-likeness (QED) is 0.875. The fourth-order valence-electron chi connectivity index (χ4n) is 2.85. The van der Waals surface area contributed by atoms with Gasteiger partial charge in [-0.2, -0.15) is 9.97 Å². The first-order valence-electron chi connectivity index (χ1n) is 7.32. The summed E-state index contributed by atoms with van der Waals surface area (Å²) in [5.41, 5.74) is 1.62. The lowest BCUT2D eigenvalue weighted by atomic mass is 9.95. The van der Waals surface area contributed by atoms with Crippen LogP contribution in [0.1, 0.15) is 52.0 Å². The maximum absolute atomic E-state index is 6.02. The third-order valence-electron chi connectivity index (χ3n) is 3.90. The Morgan fingerprint density at radius 3 is 2.70 bits per heavy atom. The molecule has 0 atom stereocenters. The summed E-state index contributed by atoms with van der Waals surface area (Å²) in [5, 5.41) is 3.80. The Morgan fingerprint density at radius 2 is 2.00 bits per heavy atom. The van der Waals surface area contributed by atoms with Crippen molar-refractivity contribution in [3.8, 4) is 0 Å². The molecule has 108 valence electrons. The van der Waals surface area contributed by atoms with Crippen LogP contribution in [0.25, 0.3) is 11.2 Å². The van der Waals surface area contributed by atoms with Crippen molar-refractivity contribution < 1.29 is 0 Å². The van der Waals surface area contributed by atoms with E-state index in [1.165, 1.54) is 32.1 Å². The predicted octanol–water partition coefficient (Wildman–Crippen LogP) is 3.81. The van der Waals surface area contributed by atoms with Gasteiger partial charge >= 0.3 is 0 Å². The highest BCUT2D eigenvalue weighted by molar-refractivity contribution is 6.28. The summed E-state index contributed by atoms with van der Waals surface area (Å²) in [5.74, 6) is 0.818. The lowest BCUT2D eigenvalue weighted by Crippen LogP contribution is -2.23. The number of aromatic nitrogens is 4. The molecule has 0 aliphatic heterocycles. The van der Waals surface area contributed by atoms with Crippen molar-refractivity contribution in [3.63, 3.8) is 0 Å². The molecular weight excluding hydrogens is 274 g/mol. The second-order valence-electron chi connectivity index (χ2n) is 5.74. The Kier molecular flexibility index (Phi) is 3.78. The number of imidazole rings is 1. The van der Waals surface area contributed by atoms with E-state index in [4.69, 9.17) is 11.6 Å². The average molecular weight is 294 g/mol. The van der Waals surface area contributed by atoms with Crippen molar-refractivity contribution in [1.29, 1.82) is 0 Å². The first-order chi connectivity index (χ1) is 9.65. The molecule has 0 spiro atoms. The number of rotatable bonds is 3. The van der Waals surface area contributed by atoms with Crippen molar-refractivity contribution in [3.05, 3.63) is 11.6 Å². The van der Waals surface area contributed by atoms with Crippen LogP contribution in [0.5, 0.6) is 0 Å². The van der Waals surface area contributed by atoms with Gasteiger partial charge in [-0.15, -0.1) is 0 Å². The van der Waals surface area contributed by atoms with Gasteiger partial charge in [0.15, 0.2) is 11.5 Å². The van der Waals surface area contributed by atoms with E-state index in [1.807, 2.05) is 6.33 Å². The topological polar surface area (TPSA) is 55.6 Å². The fourth-order valence-corrected chi connectivity index (χ4v) is 3.02. The highest BCUT2D eigenvalue weighted by Crippen LogP contribution is 2.27. The van der Waals surface area contributed by atoms with Gasteiger partial charge in [-0.1, -0.05) is 19.3 Å². The minimum absolute atomic E-state index is 0.254. The van der Waals surface area contributed by atoms with Crippen LogP contribution < -0.4 is 5.32 Å². The first kappa shape index (κ1) is 13.6. The fraction of sp³-hybridized carbons (Fsp3) is 0.643. The Hall–Kier alpha value is -1.36. The molecule has 1 aliphatic carbocycles. The van der Waals surface area contributed by atoms with E-state index in [0.717, 1.165) is 11.3 Å². The van der Waals surface area contributed by atoms with Crippen molar-refractivity contribution in [2.45, 2.75) is 58.0 Å². The Morgan fingerprint density at radius 1 is 1.25 bits per heavy atom. The molecule has 0 aromatic carbocycles. The second-order valence-corrected chi connectivity index (χ2v) is 6.08. The molecule has 1 saturated carbocycles. The van der Waals surface area contributed by atoms with Crippen molar-refractivity contribution in [2.24, 2.45) is 0 Å². The Balaban J connectivity index is 2.00. The predicted molar refractivity (Wildman–Crippen MR) is 81.2 cm³/mol. The molecule has 20 heavy (non-hydrogen) atoms.